The number of hydrogen-bond donors (Lipinski definition) is 2. The maximum Gasteiger partial charge on any atom is 0.0529 e. The lowest BCUT2D eigenvalue weighted by atomic mass is 10.1. The van der Waals surface area contributed by atoms with Gasteiger partial charge in [-0.1, -0.05) is 26.0 Å². The highest BCUT2D eigenvalue weighted by molar-refractivity contribution is 5.80. The first-order chi connectivity index (χ1) is 9.56. The summed E-state index contributed by atoms with van der Waals surface area (Å²) in [5, 5.41) is 14.2. The van der Waals surface area contributed by atoms with Crippen molar-refractivity contribution in [1.82, 2.24) is 9.88 Å². The molecule has 1 aromatic heterocycles. The molecule has 2 N–H and O–H groups in total. The average Bonchev–Trinajstić information content (AvgIpc) is 2.78. The molecule has 0 saturated heterocycles. The summed E-state index contributed by atoms with van der Waals surface area (Å²) in [6.07, 6.45) is 2.65. The highest BCUT2D eigenvalue weighted by Crippen LogP contribution is 2.18. The van der Waals surface area contributed by atoms with E-state index in [1.807, 2.05) is 6.92 Å². The quantitative estimate of drug-likeness (QED) is 0.814. The summed E-state index contributed by atoms with van der Waals surface area (Å²) in [6, 6.07) is 8.77. The van der Waals surface area contributed by atoms with Crippen LogP contribution in [0.25, 0.3) is 10.9 Å². The molecule has 0 aliphatic rings. The summed E-state index contributed by atoms with van der Waals surface area (Å²) in [7, 11) is 0. The Morgan fingerprint density at radius 3 is 2.70 bits per heavy atom. The second-order valence-corrected chi connectivity index (χ2v) is 6.06. The summed E-state index contributed by atoms with van der Waals surface area (Å²) in [5.74, 6) is 0.675. The predicted molar refractivity (Wildman–Crippen MR) is 84.8 cm³/mol. The molecule has 3 nitrogen and oxygen atoms in total. The van der Waals surface area contributed by atoms with Crippen LogP contribution in [-0.2, 0) is 13.1 Å². The lowest BCUT2D eigenvalue weighted by Gasteiger charge is -2.10. The molecule has 0 spiro atoms. The number of rotatable bonds is 7. The summed E-state index contributed by atoms with van der Waals surface area (Å²) >= 11 is 0. The zero-order valence-electron chi connectivity index (χ0n) is 12.8. The Kier molecular flexibility index (Phi) is 5.21. The number of aliphatic hydroxyl groups excluding tert-OH is 1. The van der Waals surface area contributed by atoms with Crippen LogP contribution in [0, 0.1) is 5.92 Å². The number of aromatic nitrogens is 1. The van der Waals surface area contributed by atoms with Crippen LogP contribution in [0.4, 0.5) is 0 Å². The Labute approximate surface area is 121 Å². The zero-order valence-corrected chi connectivity index (χ0v) is 12.8. The van der Waals surface area contributed by atoms with Gasteiger partial charge in [0.1, 0.15) is 0 Å². The Morgan fingerprint density at radius 1 is 1.20 bits per heavy atom. The second kappa shape index (κ2) is 6.91. The molecular weight excluding hydrogens is 248 g/mol. The first kappa shape index (κ1) is 15.1. The van der Waals surface area contributed by atoms with Crippen LogP contribution in [0.3, 0.4) is 0 Å². The third-order valence-corrected chi connectivity index (χ3v) is 3.51. The minimum Gasteiger partial charge on any atom is -0.393 e. The van der Waals surface area contributed by atoms with E-state index in [2.05, 4.69) is 54.2 Å². The van der Waals surface area contributed by atoms with Crippen LogP contribution >= 0.6 is 0 Å². The van der Waals surface area contributed by atoms with Crippen molar-refractivity contribution < 1.29 is 5.11 Å². The molecule has 3 heteroatoms. The molecule has 0 aliphatic carbocycles. The van der Waals surface area contributed by atoms with E-state index in [0.717, 1.165) is 26.1 Å². The molecule has 0 bridgehead atoms. The molecule has 0 fully saturated rings. The molecule has 0 saturated carbocycles. The van der Waals surface area contributed by atoms with E-state index >= 15 is 0 Å². The summed E-state index contributed by atoms with van der Waals surface area (Å²) in [4.78, 5) is 0. The molecule has 1 unspecified atom stereocenters. The van der Waals surface area contributed by atoms with Gasteiger partial charge in [-0.3, -0.25) is 0 Å². The van der Waals surface area contributed by atoms with E-state index < -0.39 is 0 Å². The normalized spacial score (nSPS) is 13.2. The number of aryl methyl sites for hydroxylation is 1. The van der Waals surface area contributed by atoms with Gasteiger partial charge in [0.2, 0.25) is 0 Å². The van der Waals surface area contributed by atoms with Crippen molar-refractivity contribution >= 4 is 10.9 Å². The Morgan fingerprint density at radius 2 is 2.00 bits per heavy atom. The van der Waals surface area contributed by atoms with Crippen molar-refractivity contribution in [3.63, 3.8) is 0 Å². The van der Waals surface area contributed by atoms with Gasteiger partial charge in [0.25, 0.3) is 0 Å². The van der Waals surface area contributed by atoms with Crippen LogP contribution in [-0.4, -0.2) is 22.3 Å². The molecule has 1 heterocycles. The monoisotopic (exact) mass is 274 g/mol. The van der Waals surface area contributed by atoms with E-state index in [-0.39, 0.29) is 6.10 Å². The van der Waals surface area contributed by atoms with Crippen molar-refractivity contribution in [3.8, 4) is 0 Å². The smallest absolute Gasteiger partial charge is 0.0529 e. The lowest BCUT2D eigenvalue weighted by Crippen LogP contribution is -2.18. The summed E-state index contributed by atoms with van der Waals surface area (Å²) in [5.41, 5.74) is 2.57. The molecule has 0 aliphatic heterocycles. The number of benzene rings is 1. The highest BCUT2D eigenvalue weighted by Gasteiger charge is 2.04. The Balaban J connectivity index is 2.08. The second-order valence-electron chi connectivity index (χ2n) is 6.06. The van der Waals surface area contributed by atoms with E-state index in [4.69, 9.17) is 0 Å². The van der Waals surface area contributed by atoms with Crippen LogP contribution in [0.1, 0.15) is 32.8 Å². The van der Waals surface area contributed by atoms with Crippen molar-refractivity contribution in [2.45, 2.75) is 46.4 Å². The van der Waals surface area contributed by atoms with Crippen molar-refractivity contribution in [2.75, 3.05) is 6.54 Å². The fourth-order valence-electron chi connectivity index (χ4n) is 2.37. The molecular formula is C17H26N2O. The van der Waals surface area contributed by atoms with Gasteiger partial charge < -0.3 is 15.0 Å². The van der Waals surface area contributed by atoms with Crippen LogP contribution < -0.4 is 5.32 Å². The minimum absolute atomic E-state index is 0.247. The number of fused-ring (bicyclic) bond motifs is 1. The van der Waals surface area contributed by atoms with Gasteiger partial charge in [0.05, 0.1) is 6.10 Å². The first-order valence-electron chi connectivity index (χ1n) is 7.53. The van der Waals surface area contributed by atoms with Gasteiger partial charge in [-0.2, -0.15) is 0 Å². The largest absolute Gasteiger partial charge is 0.393 e. The maximum atomic E-state index is 9.42. The van der Waals surface area contributed by atoms with E-state index in [1.165, 1.54) is 16.5 Å². The van der Waals surface area contributed by atoms with Crippen LogP contribution in [0.2, 0.25) is 0 Å². The standard InChI is InChI=1S/C17H26N2O/c1-13(2)11-18-12-15-4-5-16-7-9-19(17(16)10-15)8-6-14(3)20/h4-5,7,9-10,13-14,18,20H,6,8,11-12H2,1-3H3. The van der Waals surface area contributed by atoms with E-state index in [0.29, 0.717) is 5.92 Å². The molecule has 0 radical (unpaired) electrons. The highest BCUT2D eigenvalue weighted by atomic mass is 16.3. The molecule has 20 heavy (non-hydrogen) atoms. The third-order valence-electron chi connectivity index (χ3n) is 3.51. The van der Waals surface area contributed by atoms with Gasteiger partial charge in [-0.05, 0) is 48.9 Å². The van der Waals surface area contributed by atoms with Crippen LogP contribution in [0.15, 0.2) is 30.5 Å². The minimum atomic E-state index is -0.247. The van der Waals surface area contributed by atoms with Gasteiger partial charge >= 0.3 is 0 Å². The molecule has 1 aromatic carbocycles. The first-order valence-corrected chi connectivity index (χ1v) is 7.53. The van der Waals surface area contributed by atoms with Crippen molar-refractivity contribution in [2.24, 2.45) is 5.92 Å². The van der Waals surface area contributed by atoms with Gasteiger partial charge in [-0.15, -0.1) is 0 Å². The molecule has 110 valence electrons. The number of hydrogen-bond acceptors (Lipinski definition) is 2. The van der Waals surface area contributed by atoms with Gasteiger partial charge in [0.15, 0.2) is 0 Å². The average molecular weight is 274 g/mol. The number of aliphatic hydroxyl groups is 1. The number of nitrogens with zero attached hydrogens (tertiary/aromatic N) is 1. The predicted octanol–water partition coefficient (Wildman–Crippen LogP) is 3.16. The lowest BCUT2D eigenvalue weighted by molar-refractivity contribution is 0.178. The summed E-state index contributed by atoms with van der Waals surface area (Å²) in [6.45, 7) is 9.10. The molecule has 2 rings (SSSR count). The zero-order chi connectivity index (χ0) is 14.5. The molecule has 2 aromatic rings. The van der Waals surface area contributed by atoms with E-state index in [9.17, 15) is 5.11 Å². The molecule has 1 atom stereocenters. The maximum absolute atomic E-state index is 9.42. The SMILES string of the molecule is CC(C)CNCc1ccc2ccn(CCC(C)O)c2c1. The Bertz CT molecular complexity index is 543. The topological polar surface area (TPSA) is 37.2 Å². The number of nitrogens with one attached hydrogen (secondary N) is 1. The van der Waals surface area contributed by atoms with Crippen molar-refractivity contribution in [3.05, 3.63) is 36.0 Å². The third kappa shape index (κ3) is 4.09. The van der Waals surface area contributed by atoms with Crippen molar-refractivity contribution in [1.29, 1.82) is 0 Å². The van der Waals surface area contributed by atoms with Crippen LogP contribution in [0.5, 0.6) is 0 Å². The Hall–Kier alpha value is -1.32. The summed E-state index contributed by atoms with van der Waals surface area (Å²) < 4.78 is 2.23. The van der Waals surface area contributed by atoms with Gasteiger partial charge in [-0.25, -0.2) is 0 Å². The molecule has 0 amide bonds. The fraction of sp³-hybridized carbons (Fsp3) is 0.529. The fourth-order valence-corrected chi connectivity index (χ4v) is 2.37. The van der Waals surface area contributed by atoms with E-state index in [1.54, 1.807) is 0 Å². The van der Waals surface area contributed by atoms with Gasteiger partial charge in [0, 0.05) is 24.8 Å².